The second kappa shape index (κ2) is 12.0. The van der Waals surface area contributed by atoms with E-state index >= 15 is 0 Å². The quantitative estimate of drug-likeness (QED) is 0.199. The van der Waals surface area contributed by atoms with Gasteiger partial charge < -0.3 is 26.4 Å². The van der Waals surface area contributed by atoms with E-state index in [0.717, 1.165) is 12.8 Å². The number of carbonyl (C=O) groups excluding carboxylic acids is 2. The summed E-state index contributed by atoms with van der Waals surface area (Å²) in [7, 11) is -3.78. The standard InChI is InChI=1S/C25H32IN9O5S/c26-12-18-20(27)32-21(28)19(31-18)22(36)33-24-29-14-25(34-24)6-8-35(9-7-25)23(37)15-3-1-5-17(11-15)41(38,39)30-13-16-4-2-10-40-16/h1,3,5,11,16,30H,2,4,6-10,12-14H2,(H4,27,28,32)(H2,29,33,34,36). The lowest BCUT2D eigenvalue weighted by molar-refractivity contribution is 0.0668. The molecule has 41 heavy (non-hydrogen) atoms. The molecule has 2 aromatic rings. The number of likely N-dealkylation sites (tertiary alicyclic amines) is 1. The molecule has 14 nitrogen and oxygen atoms in total. The minimum Gasteiger partial charge on any atom is -0.382 e. The summed E-state index contributed by atoms with van der Waals surface area (Å²) >= 11 is 2.08. The van der Waals surface area contributed by atoms with E-state index in [2.05, 4.69) is 52.9 Å². The molecule has 3 aliphatic heterocycles. The first kappa shape index (κ1) is 29.4. The van der Waals surface area contributed by atoms with Crippen LogP contribution in [0.1, 0.15) is 52.2 Å². The number of amides is 2. The van der Waals surface area contributed by atoms with Crippen LogP contribution >= 0.6 is 22.6 Å². The molecule has 0 saturated carbocycles. The van der Waals surface area contributed by atoms with Crippen LogP contribution in [0.2, 0.25) is 0 Å². The second-order valence-electron chi connectivity index (χ2n) is 10.3. The van der Waals surface area contributed by atoms with Gasteiger partial charge in [0.05, 0.1) is 28.8 Å². The van der Waals surface area contributed by atoms with Crippen molar-refractivity contribution in [3.8, 4) is 0 Å². The zero-order valence-electron chi connectivity index (χ0n) is 22.2. The number of guanidine groups is 1. The zero-order chi connectivity index (χ0) is 29.2. The topological polar surface area (TPSA) is 207 Å². The molecule has 0 aliphatic carbocycles. The Hall–Kier alpha value is -3.09. The van der Waals surface area contributed by atoms with Crippen LogP contribution in [0.15, 0.2) is 34.2 Å². The molecule has 2 amide bonds. The number of nitrogens with zero attached hydrogens (tertiary/aromatic N) is 4. The molecule has 5 rings (SSSR count). The maximum Gasteiger partial charge on any atom is 0.280 e. The maximum atomic E-state index is 13.3. The summed E-state index contributed by atoms with van der Waals surface area (Å²) in [6.07, 6.45) is 2.78. The number of rotatable bonds is 7. The van der Waals surface area contributed by atoms with Crippen molar-refractivity contribution in [1.82, 2.24) is 30.2 Å². The lowest BCUT2D eigenvalue weighted by Gasteiger charge is -2.39. The number of halogens is 1. The number of anilines is 2. The first-order valence-corrected chi connectivity index (χ1v) is 16.2. The number of hydrogen-bond acceptors (Lipinski definition) is 11. The normalized spacial score (nSPS) is 20.1. The molecule has 1 atom stereocenters. The number of nitrogens with one attached hydrogen (secondary N) is 3. The van der Waals surface area contributed by atoms with Crippen LogP contribution in [0, 0.1) is 0 Å². The first-order valence-electron chi connectivity index (χ1n) is 13.2. The zero-order valence-corrected chi connectivity index (χ0v) is 25.2. The van der Waals surface area contributed by atoms with Gasteiger partial charge in [0.25, 0.3) is 11.8 Å². The van der Waals surface area contributed by atoms with E-state index in [4.69, 9.17) is 16.2 Å². The van der Waals surface area contributed by atoms with Crippen molar-refractivity contribution in [3.63, 3.8) is 0 Å². The molecule has 1 spiro atoms. The number of benzene rings is 1. The summed E-state index contributed by atoms with van der Waals surface area (Å²) < 4.78 is 34.2. The van der Waals surface area contributed by atoms with Crippen LogP contribution in [0.4, 0.5) is 11.6 Å². The van der Waals surface area contributed by atoms with Crippen molar-refractivity contribution in [2.45, 2.75) is 46.6 Å². The maximum absolute atomic E-state index is 13.3. The van der Waals surface area contributed by atoms with Gasteiger partial charge in [-0.05, 0) is 43.9 Å². The highest BCUT2D eigenvalue weighted by Gasteiger charge is 2.40. The van der Waals surface area contributed by atoms with E-state index in [1.807, 2.05) is 0 Å². The molecule has 1 aromatic carbocycles. The summed E-state index contributed by atoms with van der Waals surface area (Å²) in [4.78, 5) is 40.5. The SMILES string of the molecule is Nc1nc(N)c(C(=O)NC2=NCC3(CCN(C(=O)c4cccc(S(=O)(=O)NCC5CCCO5)c4)CC3)N2)nc1CI. The van der Waals surface area contributed by atoms with Gasteiger partial charge >= 0.3 is 0 Å². The van der Waals surface area contributed by atoms with Crippen LogP contribution in [0.3, 0.4) is 0 Å². The molecule has 1 aromatic heterocycles. The first-order chi connectivity index (χ1) is 19.6. The van der Waals surface area contributed by atoms with Gasteiger partial charge in [-0.15, -0.1) is 0 Å². The van der Waals surface area contributed by atoms with Crippen LogP contribution in [0.5, 0.6) is 0 Å². The van der Waals surface area contributed by atoms with Crippen LogP contribution < -0.4 is 26.8 Å². The van der Waals surface area contributed by atoms with Crippen molar-refractivity contribution in [2.24, 2.45) is 4.99 Å². The molecule has 3 aliphatic rings. The number of alkyl halides is 1. The number of aliphatic imine (C=N–C) groups is 1. The fraction of sp³-hybridized carbons (Fsp3) is 0.480. The Morgan fingerprint density at radius 1 is 1.20 bits per heavy atom. The van der Waals surface area contributed by atoms with Crippen LogP contribution in [-0.2, 0) is 19.2 Å². The summed E-state index contributed by atoms with van der Waals surface area (Å²) in [6, 6.07) is 6.07. The minimum absolute atomic E-state index is 0.0250. The van der Waals surface area contributed by atoms with Gasteiger partial charge in [0.2, 0.25) is 10.0 Å². The molecule has 1 unspecified atom stereocenters. The molecule has 0 radical (unpaired) electrons. The van der Waals surface area contributed by atoms with Gasteiger partial charge in [0.15, 0.2) is 17.5 Å². The van der Waals surface area contributed by atoms with Crippen molar-refractivity contribution >= 4 is 62.0 Å². The molecule has 0 bridgehead atoms. The van der Waals surface area contributed by atoms with Crippen LogP contribution in [0.25, 0.3) is 0 Å². The minimum atomic E-state index is -3.78. The molecular formula is C25H32IN9O5S. The Balaban J connectivity index is 1.16. The highest BCUT2D eigenvalue weighted by atomic mass is 127. The van der Waals surface area contributed by atoms with Gasteiger partial charge in [-0.3, -0.25) is 19.9 Å². The van der Waals surface area contributed by atoms with Gasteiger partial charge in [0.1, 0.15) is 5.82 Å². The smallest absolute Gasteiger partial charge is 0.280 e. The number of nitrogens with two attached hydrogens (primary N) is 2. The number of carbonyl (C=O) groups is 2. The van der Waals surface area contributed by atoms with Crippen molar-refractivity contribution in [2.75, 3.05) is 44.3 Å². The third-order valence-corrected chi connectivity index (χ3v) is 9.59. The Morgan fingerprint density at radius 3 is 2.68 bits per heavy atom. The monoisotopic (exact) mass is 697 g/mol. The van der Waals surface area contributed by atoms with E-state index in [1.165, 1.54) is 12.1 Å². The number of piperidine rings is 1. The number of aromatic nitrogens is 2. The largest absolute Gasteiger partial charge is 0.382 e. The summed E-state index contributed by atoms with van der Waals surface area (Å²) in [5, 5.41) is 6.01. The summed E-state index contributed by atoms with van der Waals surface area (Å²) in [5.74, 6) is -0.366. The molecule has 220 valence electrons. The number of hydrogen-bond donors (Lipinski definition) is 5. The summed E-state index contributed by atoms with van der Waals surface area (Å²) in [6.45, 7) is 2.14. The third kappa shape index (κ3) is 6.54. The lowest BCUT2D eigenvalue weighted by atomic mass is 9.88. The fourth-order valence-corrected chi connectivity index (χ4v) is 6.72. The Kier molecular flexibility index (Phi) is 8.62. The number of ether oxygens (including phenoxy) is 1. The number of nitrogen functional groups attached to an aromatic ring is 2. The van der Waals surface area contributed by atoms with Crippen molar-refractivity contribution in [1.29, 1.82) is 0 Å². The average Bonchev–Trinajstić information content (AvgIpc) is 3.62. The van der Waals surface area contributed by atoms with Gasteiger partial charge in [0, 0.05) is 36.2 Å². The molecule has 7 N–H and O–H groups in total. The van der Waals surface area contributed by atoms with E-state index in [0.29, 0.717) is 60.7 Å². The van der Waals surface area contributed by atoms with E-state index in [-0.39, 0.29) is 40.8 Å². The van der Waals surface area contributed by atoms with E-state index in [1.54, 1.807) is 17.0 Å². The Bertz CT molecular complexity index is 1470. The highest BCUT2D eigenvalue weighted by Crippen LogP contribution is 2.27. The number of sulfonamides is 1. The predicted octanol–water partition coefficient (Wildman–Crippen LogP) is 0.397. The Labute approximate surface area is 251 Å². The molecule has 2 saturated heterocycles. The predicted molar refractivity (Wildman–Crippen MR) is 160 cm³/mol. The lowest BCUT2D eigenvalue weighted by Crippen LogP contribution is -2.57. The highest BCUT2D eigenvalue weighted by molar-refractivity contribution is 14.1. The molecular weight excluding hydrogens is 665 g/mol. The third-order valence-electron chi connectivity index (χ3n) is 7.45. The average molecular weight is 698 g/mol. The Morgan fingerprint density at radius 2 is 1.98 bits per heavy atom. The van der Waals surface area contributed by atoms with Crippen molar-refractivity contribution < 1.29 is 22.7 Å². The van der Waals surface area contributed by atoms with Gasteiger partial charge in [-0.2, -0.15) is 0 Å². The van der Waals surface area contributed by atoms with E-state index in [9.17, 15) is 18.0 Å². The van der Waals surface area contributed by atoms with Crippen molar-refractivity contribution in [3.05, 3.63) is 41.2 Å². The summed E-state index contributed by atoms with van der Waals surface area (Å²) in [5.41, 5.74) is 12.0. The van der Waals surface area contributed by atoms with Gasteiger partial charge in [-0.1, -0.05) is 28.7 Å². The van der Waals surface area contributed by atoms with Crippen LogP contribution in [-0.4, -0.2) is 85.5 Å². The molecule has 16 heteroatoms. The molecule has 4 heterocycles. The fourth-order valence-electron chi connectivity index (χ4n) is 5.05. The van der Waals surface area contributed by atoms with Gasteiger partial charge in [-0.25, -0.2) is 23.1 Å². The van der Waals surface area contributed by atoms with E-state index < -0.39 is 21.5 Å². The molecule has 2 fully saturated rings. The second-order valence-corrected chi connectivity index (χ2v) is 12.8.